The molecule has 1 saturated carbocycles. The smallest absolute Gasteiger partial charge is 0.227 e. The molecule has 6 nitrogen and oxygen atoms in total. The van der Waals surface area contributed by atoms with Gasteiger partial charge in [0.15, 0.2) is 0 Å². The van der Waals surface area contributed by atoms with Crippen LogP contribution in [0.4, 0.5) is 5.69 Å². The zero-order chi connectivity index (χ0) is 19.5. The van der Waals surface area contributed by atoms with Crippen molar-refractivity contribution in [2.24, 2.45) is 5.92 Å². The molecule has 2 rings (SSSR count). The summed E-state index contributed by atoms with van der Waals surface area (Å²) in [5.41, 5.74) is 0.573. The molecule has 0 spiro atoms. The molecule has 1 fully saturated rings. The van der Waals surface area contributed by atoms with E-state index in [0.29, 0.717) is 31.4 Å². The number of anilines is 1. The molecule has 0 saturated heterocycles. The molecule has 1 aromatic rings. The Bertz CT molecular complexity index is 713. The summed E-state index contributed by atoms with van der Waals surface area (Å²) >= 11 is 0. The topological polar surface area (TPSA) is 95.5 Å². The standard InChI is InChI=1S/C19H30N2O4S/c1-13(2)26(24,25)21-17-9-5-14(6-10-17)18(22)20-16-11-7-15(8-12-16)19(3,4)23/h7-8,11-14,17,21,23H,5-6,9-10H2,1-4H3,(H,20,22). The molecule has 7 heteroatoms. The van der Waals surface area contributed by atoms with Gasteiger partial charge in [0.1, 0.15) is 0 Å². The summed E-state index contributed by atoms with van der Waals surface area (Å²) in [6.45, 7) is 6.74. The molecule has 1 aliphatic rings. The van der Waals surface area contributed by atoms with Gasteiger partial charge in [-0.3, -0.25) is 4.79 Å². The van der Waals surface area contributed by atoms with E-state index < -0.39 is 20.9 Å². The first-order valence-corrected chi connectivity index (χ1v) is 10.7. The van der Waals surface area contributed by atoms with Crippen molar-refractivity contribution in [1.29, 1.82) is 0 Å². The molecule has 146 valence electrons. The second kappa shape index (κ2) is 8.06. The number of carbonyl (C=O) groups is 1. The van der Waals surface area contributed by atoms with Crippen molar-refractivity contribution < 1.29 is 18.3 Å². The third kappa shape index (κ3) is 5.53. The van der Waals surface area contributed by atoms with Gasteiger partial charge in [-0.05, 0) is 71.1 Å². The van der Waals surface area contributed by atoms with Gasteiger partial charge in [0.2, 0.25) is 15.9 Å². The van der Waals surface area contributed by atoms with Crippen molar-refractivity contribution >= 4 is 21.6 Å². The number of aliphatic hydroxyl groups is 1. The maximum atomic E-state index is 12.5. The zero-order valence-corrected chi connectivity index (χ0v) is 16.8. The molecule has 0 atom stereocenters. The second-order valence-corrected chi connectivity index (χ2v) is 10.2. The summed E-state index contributed by atoms with van der Waals surface area (Å²) in [7, 11) is -3.27. The summed E-state index contributed by atoms with van der Waals surface area (Å²) in [4.78, 5) is 12.5. The third-order valence-corrected chi connectivity index (χ3v) is 6.81. The fourth-order valence-electron chi connectivity index (χ4n) is 3.05. The minimum absolute atomic E-state index is 0.0359. The number of carbonyl (C=O) groups excluding carboxylic acids is 1. The van der Waals surface area contributed by atoms with Crippen molar-refractivity contribution in [3.8, 4) is 0 Å². The first kappa shape index (κ1) is 20.9. The van der Waals surface area contributed by atoms with Crippen LogP contribution in [0.2, 0.25) is 0 Å². The van der Waals surface area contributed by atoms with Gasteiger partial charge in [-0.25, -0.2) is 13.1 Å². The molecule has 0 aliphatic heterocycles. The van der Waals surface area contributed by atoms with Gasteiger partial charge in [0, 0.05) is 17.6 Å². The first-order chi connectivity index (χ1) is 12.0. The molecule has 26 heavy (non-hydrogen) atoms. The number of sulfonamides is 1. The summed E-state index contributed by atoms with van der Waals surface area (Å²) in [6.07, 6.45) is 2.67. The van der Waals surface area contributed by atoms with Crippen molar-refractivity contribution in [2.75, 3.05) is 5.32 Å². The van der Waals surface area contributed by atoms with E-state index in [0.717, 1.165) is 5.56 Å². The largest absolute Gasteiger partial charge is 0.386 e. The van der Waals surface area contributed by atoms with Crippen LogP contribution >= 0.6 is 0 Å². The van der Waals surface area contributed by atoms with Crippen molar-refractivity contribution in [3.63, 3.8) is 0 Å². The SMILES string of the molecule is CC(C)S(=O)(=O)NC1CCC(C(=O)Nc2ccc(C(C)(C)O)cc2)CC1. The van der Waals surface area contributed by atoms with Crippen molar-refractivity contribution in [3.05, 3.63) is 29.8 Å². The Morgan fingerprint density at radius 2 is 1.65 bits per heavy atom. The lowest BCUT2D eigenvalue weighted by atomic mass is 9.86. The Morgan fingerprint density at radius 1 is 1.12 bits per heavy atom. The highest BCUT2D eigenvalue weighted by atomic mass is 32.2. The van der Waals surface area contributed by atoms with Gasteiger partial charge in [-0.2, -0.15) is 0 Å². The summed E-state index contributed by atoms with van der Waals surface area (Å²) < 4.78 is 26.6. The van der Waals surface area contributed by atoms with Crippen LogP contribution in [0.3, 0.4) is 0 Å². The van der Waals surface area contributed by atoms with Crippen LogP contribution in [0, 0.1) is 5.92 Å². The minimum Gasteiger partial charge on any atom is -0.386 e. The fraction of sp³-hybridized carbons (Fsp3) is 0.632. The molecule has 0 heterocycles. The quantitative estimate of drug-likeness (QED) is 0.705. The van der Waals surface area contributed by atoms with Crippen LogP contribution in [-0.2, 0) is 20.4 Å². The Balaban J connectivity index is 1.87. The lowest BCUT2D eigenvalue weighted by Gasteiger charge is -2.28. The van der Waals surface area contributed by atoms with Crippen LogP contribution in [0.15, 0.2) is 24.3 Å². The van der Waals surface area contributed by atoms with E-state index in [-0.39, 0.29) is 17.9 Å². The molecule has 1 aromatic carbocycles. The van der Waals surface area contributed by atoms with Gasteiger partial charge < -0.3 is 10.4 Å². The monoisotopic (exact) mass is 382 g/mol. The zero-order valence-electron chi connectivity index (χ0n) is 16.0. The van der Waals surface area contributed by atoms with Gasteiger partial charge in [-0.1, -0.05) is 12.1 Å². The van der Waals surface area contributed by atoms with E-state index in [1.807, 2.05) is 0 Å². The number of amides is 1. The van der Waals surface area contributed by atoms with Crippen LogP contribution in [0.1, 0.15) is 58.9 Å². The predicted octanol–water partition coefficient (Wildman–Crippen LogP) is 2.74. The van der Waals surface area contributed by atoms with Gasteiger partial charge in [0.05, 0.1) is 10.9 Å². The van der Waals surface area contributed by atoms with E-state index in [2.05, 4.69) is 10.0 Å². The van der Waals surface area contributed by atoms with Gasteiger partial charge in [-0.15, -0.1) is 0 Å². The first-order valence-electron chi connectivity index (χ1n) is 9.14. The lowest BCUT2D eigenvalue weighted by molar-refractivity contribution is -0.120. The van der Waals surface area contributed by atoms with E-state index in [4.69, 9.17) is 0 Å². The Morgan fingerprint density at radius 3 is 2.12 bits per heavy atom. The van der Waals surface area contributed by atoms with Gasteiger partial charge in [0.25, 0.3) is 0 Å². The highest BCUT2D eigenvalue weighted by molar-refractivity contribution is 7.90. The maximum Gasteiger partial charge on any atom is 0.227 e. The summed E-state index contributed by atoms with van der Waals surface area (Å²) in [5, 5.41) is 12.4. The number of benzene rings is 1. The Hall–Kier alpha value is -1.44. The molecule has 0 unspecified atom stereocenters. The lowest BCUT2D eigenvalue weighted by Crippen LogP contribution is -2.42. The Labute approximate surface area is 156 Å². The number of rotatable bonds is 6. The molecule has 1 amide bonds. The summed E-state index contributed by atoms with van der Waals surface area (Å²) in [5.74, 6) is -0.144. The van der Waals surface area contributed by atoms with Crippen molar-refractivity contribution in [2.45, 2.75) is 70.3 Å². The van der Waals surface area contributed by atoms with E-state index in [1.54, 1.807) is 52.0 Å². The molecule has 0 bridgehead atoms. The van der Waals surface area contributed by atoms with E-state index >= 15 is 0 Å². The normalized spacial score (nSPS) is 21.6. The number of nitrogens with one attached hydrogen (secondary N) is 2. The highest BCUT2D eigenvalue weighted by Gasteiger charge is 2.29. The van der Waals surface area contributed by atoms with Crippen molar-refractivity contribution in [1.82, 2.24) is 4.72 Å². The average Bonchev–Trinajstić information content (AvgIpc) is 2.54. The van der Waals surface area contributed by atoms with Crippen LogP contribution in [0.5, 0.6) is 0 Å². The Kier molecular flexibility index (Phi) is 6.47. The van der Waals surface area contributed by atoms with Crippen LogP contribution in [-0.4, -0.2) is 30.7 Å². The van der Waals surface area contributed by atoms with E-state index in [1.165, 1.54) is 0 Å². The highest BCUT2D eigenvalue weighted by Crippen LogP contribution is 2.27. The number of hydrogen-bond acceptors (Lipinski definition) is 4. The number of hydrogen-bond donors (Lipinski definition) is 3. The maximum absolute atomic E-state index is 12.5. The third-order valence-electron chi connectivity index (χ3n) is 4.91. The fourth-order valence-corrected chi connectivity index (χ4v) is 4.02. The molecule has 1 aliphatic carbocycles. The summed E-state index contributed by atoms with van der Waals surface area (Å²) in [6, 6.07) is 7.08. The molecule has 0 aromatic heterocycles. The predicted molar refractivity (Wildman–Crippen MR) is 103 cm³/mol. The average molecular weight is 383 g/mol. The van der Waals surface area contributed by atoms with Crippen LogP contribution < -0.4 is 10.0 Å². The minimum atomic E-state index is -3.27. The van der Waals surface area contributed by atoms with E-state index in [9.17, 15) is 18.3 Å². The van der Waals surface area contributed by atoms with Gasteiger partial charge >= 0.3 is 0 Å². The molecule has 3 N–H and O–H groups in total. The molecular formula is C19H30N2O4S. The van der Waals surface area contributed by atoms with Crippen LogP contribution in [0.25, 0.3) is 0 Å². The molecular weight excluding hydrogens is 352 g/mol. The second-order valence-electron chi connectivity index (χ2n) is 7.89. The molecule has 0 radical (unpaired) electrons.